The zero-order chi connectivity index (χ0) is 13.7. The van der Waals surface area contributed by atoms with Gasteiger partial charge in [0.1, 0.15) is 6.04 Å². The molecule has 0 fully saturated rings. The van der Waals surface area contributed by atoms with Crippen LogP contribution in [0.2, 0.25) is 0 Å². The summed E-state index contributed by atoms with van der Waals surface area (Å²) in [6.07, 6.45) is 1.98. The fourth-order valence-electron chi connectivity index (χ4n) is 1.49. The monoisotopic (exact) mass is 252 g/mol. The predicted octanol–water partition coefficient (Wildman–Crippen LogP) is 0.604. The fraction of sp³-hybridized carbons (Fsp3) is 0.417. The predicted molar refractivity (Wildman–Crippen MR) is 65.4 cm³/mol. The van der Waals surface area contributed by atoms with E-state index in [0.717, 1.165) is 6.07 Å². The smallest absolute Gasteiger partial charge is 0.326 e. The number of aromatic amines is 1. The minimum Gasteiger partial charge on any atom is -0.480 e. The first kappa shape index (κ1) is 14.0. The summed E-state index contributed by atoms with van der Waals surface area (Å²) in [5, 5.41) is 11.5. The van der Waals surface area contributed by atoms with Gasteiger partial charge < -0.3 is 15.4 Å². The molecule has 1 aromatic heterocycles. The second-order valence-corrected chi connectivity index (χ2v) is 4.12. The van der Waals surface area contributed by atoms with Gasteiger partial charge in [-0.15, -0.1) is 0 Å². The number of carboxylic acids is 1. The normalized spacial score (nSPS) is 13.7. The Morgan fingerprint density at radius 1 is 1.50 bits per heavy atom. The van der Waals surface area contributed by atoms with Gasteiger partial charge in [-0.05, 0) is 12.0 Å². The molecular formula is C12H16N2O4. The van der Waals surface area contributed by atoms with Gasteiger partial charge in [0.15, 0.2) is 0 Å². The lowest BCUT2D eigenvalue weighted by Crippen LogP contribution is -2.45. The van der Waals surface area contributed by atoms with E-state index in [-0.39, 0.29) is 11.5 Å². The van der Waals surface area contributed by atoms with E-state index < -0.39 is 23.5 Å². The van der Waals surface area contributed by atoms with Crippen LogP contribution in [0.5, 0.6) is 0 Å². The number of carbonyl (C=O) groups excluding carboxylic acids is 1. The van der Waals surface area contributed by atoms with Crippen LogP contribution in [-0.2, 0) is 4.79 Å². The van der Waals surface area contributed by atoms with Crippen molar-refractivity contribution >= 4 is 11.9 Å². The van der Waals surface area contributed by atoms with Crippen molar-refractivity contribution in [1.29, 1.82) is 0 Å². The van der Waals surface area contributed by atoms with Crippen LogP contribution in [0.15, 0.2) is 23.1 Å². The fourth-order valence-corrected chi connectivity index (χ4v) is 1.49. The molecule has 0 spiro atoms. The van der Waals surface area contributed by atoms with Crippen LogP contribution < -0.4 is 10.9 Å². The minimum atomic E-state index is -1.08. The van der Waals surface area contributed by atoms with Gasteiger partial charge in [0.25, 0.3) is 5.91 Å². The molecule has 6 nitrogen and oxygen atoms in total. The Hall–Kier alpha value is -2.11. The van der Waals surface area contributed by atoms with Gasteiger partial charge in [0, 0.05) is 17.8 Å². The number of amides is 1. The Morgan fingerprint density at radius 3 is 2.67 bits per heavy atom. The molecule has 2 atom stereocenters. The minimum absolute atomic E-state index is 0.147. The van der Waals surface area contributed by atoms with Gasteiger partial charge in [-0.3, -0.25) is 9.59 Å². The van der Waals surface area contributed by atoms with Gasteiger partial charge in [0.05, 0.1) is 0 Å². The summed E-state index contributed by atoms with van der Waals surface area (Å²) in [7, 11) is 0. The zero-order valence-electron chi connectivity index (χ0n) is 10.3. The number of pyridine rings is 1. The van der Waals surface area contributed by atoms with Crippen molar-refractivity contribution in [2.75, 3.05) is 0 Å². The Bertz CT molecular complexity index is 495. The second kappa shape index (κ2) is 6.00. The molecule has 0 bridgehead atoms. The summed E-state index contributed by atoms with van der Waals surface area (Å²) in [6.45, 7) is 3.59. The number of aliphatic carboxylic acids is 1. The topological polar surface area (TPSA) is 99.3 Å². The molecule has 6 heteroatoms. The highest BCUT2D eigenvalue weighted by Crippen LogP contribution is 2.08. The second-order valence-electron chi connectivity index (χ2n) is 4.12. The van der Waals surface area contributed by atoms with E-state index in [1.807, 2.05) is 6.92 Å². The number of hydrogen-bond donors (Lipinski definition) is 3. The Balaban J connectivity index is 2.85. The van der Waals surface area contributed by atoms with Crippen molar-refractivity contribution in [2.45, 2.75) is 26.3 Å². The van der Waals surface area contributed by atoms with Crippen LogP contribution in [0.25, 0.3) is 0 Å². The Kier molecular flexibility index (Phi) is 4.65. The van der Waals surface area contributed by atoms with Crippen molar-refractivity contribution in [3.8, 4) is 0 Å². The van der Waals surface area contributed by atoms with E-state index in [1.54, 1.807) is 6.92 Å². The quantitative estimate of drug-likeness (QED) is 0.714. The van der Waals surface area contributed by atoms with Gasteiger partial charge >= 0.3 is 5.97 Å². The van der Waals surface area contributed by atoms with Crippen LogP contribution in [0.4, 0.5) is 0 Å². The molecule has 1 heterocycles. The van der Waals surface area contributed by atoms with E-state index in [9.17, 15) is 14.4 Å². The van der Waals surface area contributed by atoms with E-state index in [1.165, 1.54) is 12.3 Å². The molecule has 0 aliphatic carbocycles. The number of H-pyrrole nitrogens is 1. The lowest BCUT2D eigenvalue weighted by atomic mass is 9.99. The number of aromatic nitrogens is 1. The van der Waals surface area contributed by atoms with Crippen LogP contribution in [0, 0.1) is 5.92 Å². The third kappa shape index (κ3) is 3.44. The van der Waals surface area contributed by atoms with Gasteiger partial charge in [-0.1, -0.05) is 20.3 Å². The molecule has 98 valence electrons. The third-order valence-electron chi connectivity index (χ3n) is 2.80. The summed E-state index contributed by atoms with van der Waals surface area (Å²) >= 11 is 0. The van der Waals surface area contributed by atoms with Crippen molar-refractivity contribution in [1.82, 2.24) is 10.3 Å². The number of hydrogen-bond acceptors (Lipinski definition) is 3. The SMILES string of the molecule is CCC(C)C(NC(=O)c1cc[nH]c(=O)c1)C(=O)O. The summed E-state index contributed by atoms with van der Waals surface area (Å²) < 4.78 is 0. The first-order chi connectivity index (χ1) is 8.45. The summed E-state index contributed by atoms with van der Waals surface area (Å²) in [5.74, 6) is -1.83. The molecule has 0 saturated heterocycles. The van der Waals surface area contributed by atoms with Crippen molar-refractivity contribution < 1.29 is 14.7 Å². The molecule has 0 saturated carbocycles. The standard InChI is InChI=1S/C12H16N2O4/c1-3-7(2)10(12(17)18)14-11(16)8-4-5-13-9(15)6-8/h4-7,10H,3H2,1-2H3,(H,13,15)(H,14,16)(H,17,18). The first-order valence-corrected chi connectivity index (χ1v) is 5.68. The average molecular weight is 252 g/mol. The zero-order valence-corrected chi connectivity index (χ0v) is 10.3. The number of carboxylic acid groups (broad SMARTS) is 1. The molecular weight excluding hydrogens is 236 g/mol. The largest absolute Gasteiger partial charge is 0.480 e. The summed E-state index contributed by atoms with van der Waals surface area (Å²) in [5.41, 5.74) is -0.258. The molecule has 0 aromatic carbocycles. The third-order valence-corrected chi connectivity index (χ3v) is 2.80. The maximum absolute atomic E-state index is 11.8. The van der Waals surface area contributed by atoms with Gasteiger partial charge in [-0.2, -0.15) is 0 Å². The van der Waals surface area contributed by atoms with Crippen molar-refractivity contribution in [2.24, 2.45) is 5.92 Å². The highest BCUT2D eigenvalue weighted by Gasteiger charge is 2.25. The maximum Gasteiger partial charge on any atom is 0.326 e. The van der Waals surface area contributed by atoms with Crippen LogP contribution in [0.1, 0.15) is 30.6 Å². The Morgan fingerprint density at radius 2 is 2.17 bits per heavy atom. The highest BCUT2D eigenvalue weighted by molar-refractivity contribution is 5.96. The molecule has 0 aliphatic rings. The lowest BCUT2D eigenvalue weighted by Gasteiger charge is -2.19. The number of carbonyl (C=O) groups is 2. The maximum atomic E-state index is 11.8. The Labute approximate surface area is 104 Å². The molecule has 3 N–H and O–H groups in total. The van der Waals surface area contributed by atoms with E-state index in [4.69, 9.17) is 5.11 Å². The van der Waals surface area contributed by atoms with Crippen LogP contribution in [-0.4, -0.2) is 28.0 Å². The first-order valence-electron chi connectivity index (χ1n) is 5.68. The lowest BCUT2D eigenvalue weighted by molar-refractivity contribution is -0.140. The molecule has 0 radical (unpaired) electrons. The van der Waals surface area contributed by atoms with E-state index in [0.29, 0.717) is 6.42 Å². The van der Waals surface area contributed by atoms with Gasteiger partial charge in [0.2, 0.25) is 5.56 Å². The van der Waals surface area contributed by atoms with E-state index in [2.05, 4.69) is 10.3 Å². The molecule has 18 heavy (non-hydrogen) atoms. The summed E-state index contributed by atoms with van der Waals surface area (Å²) in [6, 6.07) is 1.60. The van der Waals surface area contributed by atoms with E-state index >= 15 is 0 Å². The summed E-state index contributed by atoms with van der Waals surface area (Å²) in [4.78, 5) is 36.3. The van der Waals surface area contributed by atoms with Crippen LogP contribution >= 0.6 is 0 Å². The molecule has 1 aromatic rings. The molecule has 1 amide bonds. The molecule has 0 aliphatic heterocycles. The van der Waals surface area contributed by atoms with Gasteiger partial charge in [-0.25, -0.2) is 4.79 Å². The number of nitrogens with one attached hydrogen (secondary N) is 2. The molecule has 1 rings (SSSR count). The average Bonchev–Trinajstić information content (AvgIpc) is 2.34. The molecule has 2 unspecified atom stereocenters. The van der Waals surface area contributed by atoms with Crippen molar-refractivity contribution in [3.05, 3.63) is 34.2 Å². The van der Waals surface area contributed by atoms with Crippen LogP contribution in [0.3, 0.4) is 0 Å². The highest BCUT2D eigenvalue weighted by atomic mass is 16.4. The number of rotatable bonds is 5. The van der Waals surface area contributed by atoms with Crippen molar-refractivity contribution in [3.63, 3.8) is 0 Å².